The molecule has 0 unspecified atom stereocenters. The highest BCUT2D eigenvalue weighted by Gasteiger charge is 2.44. The van der Waals surface area contributed by atoms with E-state index >= 15 is 0 Å². The van der Waals surface area contributed by atoms with Crippen molar-refractivity contribution in [1.29, 1.82) is 0 Å². The molecule has 1 rings (SSSR count). The standard InChI is InChI=1S/C16H28OSi/c1-13(2)18(14(3)4,15(5)6)17-12-16-10-8-7-9-11-16/h7-11,13-15H,12H2,1-6H3. The van der Waals surface area contributed by atoms with Crippen LogP contribution in [-0.4, -0.2) is 8.32 Å². The fourth-order valence-corrected chi connectivity index (χ4v) is 8.70. The highest BCUT2D eigenvalue weighted by molar-refractivity contribution is 6.77. The summed E-state index contributed by atoms with van der Waals surface area (Å²) in [6.45, 7) is 14.7. The summed E-state index contributed by atoms with van der Waals surface area (Å²) in [6, 6.07) is 10.5. The van der Waals surface area contributed by atoms with Crippen molar-refractivity contribution in [3.8, 4) is 0 Å². The van der Waals surface area contributed by atoms with Gasteiger partial charge in [-0.25, -0.2) is 0 Å². The van der Waals surface area contributed by atoms with Crippen molar-refractivity contribution in [2.75, 3.05) is 0 Å². The molecule has 1 aromatic rings. The van der Waals surface area contributed by atoms with Crippen LogP contribution < -0.4 is 0 Å². The molecule has 0 spiro atoms. The zero-order valence-electron chi connectivity index (χ0n) is 12.7. The smallest absolute Gasteiger partial charge is 0.200 e. The van der Waals surface area contributed by atoms with Gasteiger partial charge >= 0.3 is 0 Å². The van der Waals surface area contributed by atoms with E-state index in [9.17, 15) is 0 Å². The van der Waals surface area contributed by atoms with Crippen LogP contribution in [0.15, 0.2) is 30.3 Å². The largest absolute Gasteiger partial charge is 0.412 e. The van der Waals surface area contributed by atoms with Gasteiger partial charge in [-0.05, 0) is 22.2 Å². The molecule has 0 fully saturated rings. The first kappa shape index (κ1) is 15.5. The van der Waals surface area contributed by atoms with Gasteiger partial charge in [0.05, 0.1) is 6.61 Å². The average molecular weight is 264 g/mol. The van der Waals surface area contributed by atoms with Crippen molar-refractivity contribution < 1.29 is 4.43 Å². The van der Waals surface area contributed by atoms with Gasteiger partial charge in [-0.1, -0.05) is 71.9 Å². The van der Waals surface area contributed by atoms with Gasteiger partial charge in [0.2, 0.25) is 8.32 Å². The third-order valence-electron chi connectivity index (χ3n) is 4.04. The summed E-state index contributed by atoms with van der Waals surface area (Å²) in [4.78, 5) is 0. The molecular formula is C16H28OSi. The van der Waals surface area contributed by atoms with Gasteiger partial charge in [-0.3, -0.25) is 0 Å². The summed E-state index contributed by atoms with van der Waals surface area (Å²) in [5.41, 5.74) is 3.25. The first-order chi connectivity index (χ1) is 8.41. The van der Waals surface area contributed by atoms with Gasteiger partial charge in [-0.2, -0.15) is 0 Å². The first-order valence-corrected chi connectivity index (χ1v) is 9.23. The Balaban J connectivity index is 2.86. The lowest BCUT2D eigenvalue weighted by molar-refractivity contribution is 0.266. The van der Waals surface area contributed by atoms with Crippen molar-refractivity contribution in [2.24, 2.45) is 0 Å². The van der Waals surface area contributed by atoms with E-state index in [4.69, 9.17) is 4.43 Å². The molecule has 0 N–H and O–H groups in total. The van der Waals surface area contributed by atoms with Crippen LogP contribution >= 0.6 is 0 Å². The van der Waals surface area contributed by atoms with Crippen LogP contribution in [0.5, 0.6) is 0 Å². The lowest BCUT2D eigenvalue weighted by Gasteiger charge is -2.42. The molecule has 2 heteroatoms. The van der Waals surface area contributed by atoms with E-state index in [2.05, 4.69) is 71.9 Å². The highest BCUT2D eigenvalue weighted by atomic mass is 28.4. The maximum atomic E-state index is 6.54. The predicted molar refractivity (Wildman–Crippen MR) is 82.3 cm³/mol. The molecule has 0 aliphatic rings. The Morgan fingerprint density at radius 1 is 0.833 bits per heavy atom. The zero-order chi connectivity index (χ0) is 13.8. The Kier molecular flexibility index (Phi) is 5.61. The maximum absolute atomic E-state index is 6.54. The Bertz CT molecular complexity index is 322. The van der Waals surface area contributed by atoms with Crippen LogP contribution in [0.2, 0.25) is 16.6 Å². The summed E-state index contributed by atoms with van der Waals surface area (Å²) in [5, 5.41) is 0. The third kappa shape index (κ3) is 3.24. The second-order valence-electron chi connectivity index (χ2n) is 6.09. The molecule has 0 saturated heterocycles. The van der Waals surface area contributed by atoms with E-state index < -0.39 is 8.32 Å². The molecule has 0 saturated carbocycles. The van der Waals surface area contributed by atoms with Crippen LogP contribution in [0.1, 0.15) is 47.1 Å². The minimum atomic E-state index is -1.71. The van der Waals surface area contributed by atoms with Crippen LogP contribution in [0.25, 0.3) is 0 Å². The Morgan fingerprint density at radius 2 is 1.28 bits per heavy atom. The van der Waals surface area contributed by atoms with Crippen LogP contribution in [0, 0.1) is 0 Å². The van der Waals surface area contributed by atoms with Crippen molar-refractivity contribution in [1.82, 2.24) is 0 Å². The number of hydrogen-bond donors (Lipinski definition) is 0. The summed E-state index contributed by atoms with van der Waals surface area (Å²) < 4.78 is 6.54. The number of rotatable bonds is 6. The third-order valence-corrected chi connectivity index (χ3v) is 10.1. The van der Waals surface area contributed by atoms with E-state index in [0.717, 1.165) is 6.61 Å². The van der Waals surface area contributed by atoms with Gasteiger partial charge in [-0.15, -0.1) is 0 Å². The van der Waals surface area contributed by atoms with Crippen LogP contribution in [0.4, 0.5) is 0 Å². The summed E-state index contributed by atoms with van der Waals surface area (Å²) in [6.07, 6.45) is 0. The summed E-state index contributed by atoms with van der Waals surface area (Å²) in [5.74, 6) is 0. The highest BCUT2D eigenvalue weighted by Crippen LogP contribution is 2.42. The monoisotopic (exact) mass is 264 g/mol. The molecule has 0 radical (unpaired) electrons. The zero-order valence-corrected chi connectivity index (χ0v) is 13.7. The number of hydrogen-bond acceptors (Lipinski definition) is 1. The van der Waals surface area contributed by atoms with E-state index in [1.54, 1.807) is 0 Å². The Hall–Kier alpha value is -0.603. The molecule has 0 aromatic heterocycles. The molecule has 1 nitrogen and oxygen atoms in total. The predicted octanol–water partition coefficient (Wildman–Crippen LogP) is 5.38. The molecule has 0 amide bonds. The van der Waals surface area contributed by atoms with E-state index in [1.807, 2.05) is 0 Å². The van der Waals surface area contributed by atoms with Gasteiger partial charge in [0, 0.05) is 0 Å². The van der Waals surface area contributed by atoms with Crippen LogP contribution in [0.3, 0.4) is 0 Å². The van der Waals surface area contributed by atoms with Crippen molar-refractivity contribution in [3.05, 3.63) is 35.9 Å². The molecule has 18 heavy (non-hydrogen) atoms. The lowest BCUT2D eigenvalue weighted by atomic mass is 10.2. The van der Waals surface area contributed by atoms with E-state index in [-0.39, 0.29) is 0 Å². The molecule has 0 atom stereocenters. The SMILES string of the molecule is CC(C)[Si](OCc1ccccc1)(C(C)C)C(C)C. The summed E-state index contributed by atoms with van der Waals surface area (Å²) in [7, 11) is -1.71. The van der Waals surface area contributed by atoms with Gasteiger partial charge in [0.25, 0.3) is 0 Å². The number of benzene rings is 1. The Morgan fingerprint density at radius 3 is 1.67 bits per heavy atom. The topological polar surface area (TPSA) is 9.23 Å². The molecule has 1 aromatic carbocycles. The molecule has 0 heterocycles. The fourth-order valence-electron chi connectivity index (χ4n) is 3.28. The minimum absolute atomic E-state index is 0.654. The first-order valence-electron chi connectivity index (χ1n) is 7.09. The van der Waals surface area contributed by atoms with Gasteiger partial charge in [0.1, 0.15) is 0 Å². The quantitative estimate of drug-likeness (QED) is 0.627. The second-order valence-corrected chi connectivity index (χ2v) is 11.6. The van der Waals surface area contributed by atoms with Crippen molar-refractivity contribution in [3.63, 3.8) is 0 Å². The molecular weight excluding hydrogens is 236 g/mol. The molecule has 102 valence electrons. The van der Waals surface area contributed by atoms with Crippen molar-refractivity contribution in [2.45, 2.75) is 64.8 Å². The molecule has 0 aliphatic heterocycles. The molecule has 0 bridgehead atoms. The maximum Gasteiger partial charge on any atom is 0.200 e. The normalized spacial score (nSPS) is 12.7. The van der Waals surface area contributed by atoms with E-state index in [1.165, 1.54) is 5.56 Å². The second kappa shape index (κ2) is 6.53. The Labute approximate surface area is 114 Å². The molecule has 0 aliphatic carbocycles. The van der Waals surface area contributed by atoms with Crippen molar-refractivity contribution >= 4 is 8.32 Å². The average Bonchev–Trinajstić information content (AvgIpc) is 2.29. The van der Waals surface area contributed by atoms with E-state index in [0.29, 0.717) is 16.6 Å². The van der Waals surface area contributed by atoms with Crippen LogP contribution in [-0.2, 0) is 11.0 Å². The summed E-state index contributed by atoms with van der Waals surface area (Å²) >= 11 is 0. The minimum Gasteiger partial charge on any atom is -0.412 e. The van der Waals surface area contributed by atoms with Gasteiger partial charge < -0.3 is 4.43 Å². The fraction of sp³-hybridized carbons (Fsp3) is 0.625. The van der Waals surface area contributed by atoms with Gasteiger partial charge in [0.15, 0.2) is 0 Å². The lowest BCUT2D eigenvalue weighted by Crippen LogP contribution is -2.47.